The summed E-state index contributed by atoms with van der Waals surface area (Å²) in [5.74, 6) is 0.521. The summed E-state index contributed by atoms with van der Waals surface area (Å²) in [5.41, 5.74) is 3.18. The molecule has 17 heavy (non-hydrogen) atoms. The number of ketones is 1. The number of nitrogens with zero attached hydrogens (tertiary/aromatic N) is 2. The average molecular weight is 253 g/mol. The topological polar surface area (TPSA) is 48.0 Å². The molecule has 0 radical (unpaired) electrons. The number of hydrogen-bond acceptors (Lipinski definition) is 3. The summed E-state index contributed by atoms with van der Waals surface area (Å²) in [4.78, 5) is 11.6. The molecule has 0 atom stereocenters. The lowest BCUT2D eigenvalue weighted by Gasteiger charge is -2.03. The molecular weight excluding hydrogens is 240 g/mol. The Kier molecular flexibility index (Phi) is 3.07. The SMILES string of the molecule is Cc1cc(-n2c(C)cc(C(=O)CCl)c2C)on1. The molecule has 0 bridgehead atoms. The Balaban J connectivity index is 2.56. The summed E-state index contributed by atoms with van der Waals surface area (Å²) >= 11 is 5.58. The number of halogens is 1. The highest BCUT2D eigenvalue weighted by Crippen LogP contribution is 2.21. The molecule has 2 aromatic rings. The van der Waals surface area contributed by atoms with E-state index in [0.717, 1.165) is 17.1 Å². The summed E-state index contributed by atoms with van der Waals surface area (Å²) in [5, 5.41) is 3.84. The fourth-order valence-corrected chi connectivity index (χ4v) is 2.06. The van der Waals surface area contributed by atoms with Crippen molar-refractivity contribution in [2.45, 2.75) is 20.8 Å². The van der Waals surface area contributed by atoms with Crippen LogP contribution in [-0.4, -0.2) is 21.4 Å². The van der Waals surface area contributed by atoms with E-state index in [1.807, 2.05) is 37.5 Å². The van der Waals surface area contributed by atoms with Crippen molar-refractivity contribution < 1.29 is 9.32 Å². The van der Waals surface area contributed by atoms with Crippen LogP contribution in [-0.2, 0) is 0 Å². The van der Waals surface area contributed by atoms with Crippen LogP contribution in [0.15, 0.2) is 16.7 Å². The second kappa shape index (κ2) is 4.37. The minimum Gasteiger partial charge on any atom is -0.338 e. The molecule has 0 saturated heterocycles. The Morgan fingerprint density at radius 1 is 1.41 bits per heavy atom. The zero-order chi connectivity index (χ0) is 12.6. The maximum atomic E-state index is 11.6. The van der Waals surface area contributed by atoms with Gasteiger partial charge >= 0.3 is 0 Å². The molecule has 0 unspecified atom stereocenters. The van der Waals surface area contributed by atoms with Crippen LogP contribution in [0.25, 0.3) is 5.88 Å². The highest BCUT2D eigenvalue weighted by atomic mass is 35.5. The molecule has 0 saturated carbocycles. The first kappa shape index (κ1) is 11.9. The maximum absolute atomic E-state index is 11.6. The second-order valence-corrected chi connectivity index (χ2v) is 4.25. The van der Waals surface area contributed by atoms with E-state index >= 15 is 0 Å². The molecule has 0 N–H and O–H groups in total. The molecule has 0 aliphatic heterocycles. The number of aryl methyl sites for hydroxylation is 2. The lowest BCUT2D eigenvalue weighted by Crippen LogP contribution is -2.03. The van der Waals surface area contributed by atoms with Crippen molar-refractivity contribution in [3.05, 3.63) is 34.8 Å². The first-order chi connectivity index (χ1) is 8.04. The van der Waals surface area contributed by atoms with Crippen molar-refractivity contribution in [1.82, 2.24) is 9.72 Å². The number of rotatable bonds is 3. The number of aromatic nitrogens is 2. The van der Waals surface area contributed by atoms with Gasteiger partial charge in [0.15, 0.2) is 5.78 Å². The van der Waals surface area contributed by atoms with Gasteiger partial charge in [0.1, 0.15) is 0 Å². The Morgan fingerprint density at radius 3 is 2.65 bits per heavy atom. The Labute approximate surface area is 104 Å². The Hall–Kier alpha value is -1.55. The van der Waals surface area contributed by atoms with Crippen LogP contribution >= 0.6 is 11.6 Å². The van der Waals surface area contributed by atoms with Gasteiger partial charge in [-0.2, -0.15) is 0 Å². The molecule has 2 rings (SSSR count). The van der Waals surface area contributed by atoms with Crippen molar-refractivity contribution in [2.24, 2.45) is 0 Å². The average Bonchev–Trinajstić information content (AvgIpc) is 2.82. The van der Waals surface area contributed by atoms with Gasteiger partial charge in [-0.3, -0.25) is 9.36 Å². The molecule has 5 heteroatoms. The van der Waals surface area contributed by atoms with Crippen molar-refractivity contribution in [2.75, 3.05) is 5.88 Å². The third-order valence-electron chi connectivity index (χ3n) is 2.69. The number of hydrogen-bond donors (Lipinski definition) is 0. The van der Waals surface area contributed by atoms with Gasteiger partial charge in [-0.05, 0) is 26.8 Å². The van der Waals surface area contributed by atoms with Gasteiger partial charge in [-0.15, -0.1) is 11.6 Å². The van der Waals surface area contributed by atoms with Gasteiger partial charge in [0.2, 0.25) is 5.88 Å². The van der Waals surface area contributed by atoms with Crippen LogP contribution in [0.5, 0.6) is 0 Å². The van der Waals surface area contributed by atoms with Crippen LogP contribution in [0.1, 0.15) is 27.4 Å². The molecule has 90 valence electrons. The van der Waals surface area contributed by atoms with Crippen LogP contribution in [0.2, 0.25) is 0 Å². The minimum absolute atomic E-state index is 0.0142. The summed E-state index contributed by atoms with van der Waals surface area (Å²) < 4.78 is 7.07. The van der Waals surface area contributed by atoms with Crippen molar-refractivity contribution >= 4 is 17.4 Å². The summed E-state index contributed by atoms with van der Waals surface area (Å²) in [7, 11) is 0. The van der Waals surface area contributed by atoms with Crippen molar-refractivity contribution in [1.29, 1.82) is 0 Å². The van der Waals surface area contributed by atoms with Gasteiger partial charge in [0.25, 0.3) is 0 Å². The van der Waals surface area contributed by atoms with Crippen molar-refractivity contribution in [3.8, 4) is 5.88 Å². The maximum Gasteiger partial charge on any atom is 0.235 e. The summed E-state index contributed by atoms with van der Waals surface area (Å²) in [6.07, 6.45) is 0. The van der Waals surface area contributed by atoms with E-state index in [2.05, 4.69) is 5.16 Å². The number of carbonyl (C=O) groups is 1. The zero-order valence-corrected chi connectivity index (χ0v) is 10.7. The van der Waals surface area contributed by atoms with E-state index in [1.165, 1.54) is 0 Å². The van der Waals surface area contributed by atoms with E-state index in [-0.39, 0.29) is 11.7 Å². The van der Waals surface area contributed by atoms with Gasteiger partial charge in [-0.25, -0.2) is 0 Å². The van der Waals surface area contributed by atoms with Crippen LogP contribution < -0.4 is 0 Å². The molecular formula is C12H13ClN2O2. The van der Waals surface area contributed by atoms with E-state index in [9.17, 15) is 4.79 Å². The van der Waals surface area contributed by atoms with E-state index in [4.69, 9.17) is 16.1 Å². The molecule has 2 aromatic heterocycles. The molecule has 2 heterocycles. The normalized spacial score (nSPS) is 10.8. The van der Waals surface area contributed by atoms with Gasteiger partial charge in [0, 0.05) is 23.0 Å². The summed E-state index contributed by atoms with van der Waals surface area (Å²) in [6, 6.07) is 3.65. The van der Waals surface area contributed by atoms with E-state index in [1.54, 1.807) is 0 Å². The molecule has 0 fully saturated rings. The first-order valence-electron chi connectivity index (χ1n) is 5.26. The minimum atomic E-state index is -0.0812. The third kappa shape index (κ3) is 2.00. The largest absolute Gasteiger partial charge is 0.338 e. The van der Waals surface area contributed by atoms with Gasteiger partial charge < -0.3 is 4.52 Å². The van der Waals surface area contributed by atoms with Crippen LogP contribution in [0.4, 0.5) is 0 Å². The Bertz CT molecular complexity index is 569. The molecule has 0 amide bonds. The quantitative estimate of drug-likeness (QED) is 0.623. The predicted molar refractivity (Wildman–Crippen MR) is 65.1 cm³/mol. The van der Waals surface area contributed by atoms with Crippen LogP contribution in [0.3, 0.4) is 0 Å². The highest BCUT2D eigenvalue weighted by Gasteiger charge is 2.17. The first-order valence-corrected chi connectivity index (χ1v) is 5.80. The standard InChI is InChI=1S/C12H13ClN2O2/c1-7-4-12(17-14-7)15-8(2)5-10(9(15)3)11(16)6-13/h4-5H,6H2,1-3H3. The van der Waals surface area contributed by atoms with E-state index < -0.39 is 0 Å². The zero-order valence-electron chi connectivity index (χ0n) is 9.95. The van der Waals surface area contributed by atoms with Gasteiger partial charge in [-0.1, -0.05) is 5.16 Å². The fourth-order valence-electron chi connectivity index (χ4n) is 1.91. The monoisotopic (exact) mass is 252 g/mol. The molecule has 4 nitrogen and oxygen atoms in total. The predicted octanol–water partition coefficient (Wildman–Crippen LogP) is 2.81. The molecule has 0 aliphatic rings. The summed E-state index contributed by atoms with van der Waals surface area (Å²) in [6.45, 7) is 5.63. The number of alkyl halides is 1. The molecule has 0 aromatic carbocycles. The van der Waals surface area contributed by atoms with E-state index in [0.29, 0.717) is 11.4 Å². The Morgan fingerprint density at radius 2 is 2.12 bits per heavy atom. The smallest absolute Gasteiger partial charge is 0.235 e. The fraction of sp³-hybridized carbons (Fsp3) is 0.333. The van der Waals surface area contributed by atoms with Crippen molar-refractivity contribution in [3.63, 3.8) is 0 Å². The highest BCUT2D eigenvalue weighted by molar-refractivity contribution is 6.30. The third-order valence-corrected chi connectivity index (χ3v) is 2.93. The number of carbonyl (C=O) groups excluding carboxylic acids is 1. The molecule has 0 aliphatic carbocycles. The second-order valence-electron chi connectivity index (χ2n) is 3.98. The number of Topliss-reactive ketones (excluding diaryl/α,β-unsaturated/α-hetero) is 1. The van der Waals surface area contributed by atoms with Gasteiger partial charge in [0.05, 0.1) is 11.6 Å². The lowest BCUT2D eigenvalue weighted by molar-refractivity contribution is 0.102. The molecule has 0 spiro atoms. The van der Waals surface area contributed by atoms with Crippen LogP contribution in [0, 0.1) is 20.8 Å². The lowest BCUT2D eigenvalue weighted by atomic mass is 10.2.